The van der Waals surface area contributed by atoms with Crippen LogP contribution in [-0.4, -0.2) is 52.7 Å². The largest absolute Gasteiger partial charge is 0.394 e. The van der Waals surface area contributed by atoms with E-state index in [4.69, 9.17) is 37.8 Å². The first-order valence-electron chi connectivity index (χ1n) is 4.34. The molecule has 0 amide bonds. The second-order valence-electron chi connectivity index (χ2n) is 3.37. The molecule has 1 aliphatic heterocycles. The Morgan fingerprint density at radius 2 is 2.29 bits per heavy atom. The first-order valence-corrected chi connectivity index (χ1v) is 5.31. The molecule has 14 heavy (non-hydrogen) atoms. The standard InChI is InChI=1S/C8H14Cl2O4/c1-8(7(10)6(12)3-11)13-4-5(2-9)14-8/h5-7,11-12H,2-4H2,1H3. The second-order valence-corrected chi connectivity index (χ2v) is 4.15. The van der Waals surface area contributed by atoms with Gasteiger partial charge in [-0.05, 0) is 6.92 Å². The Kier molecular flexibility index (Phi) is 4.43. The van der Waals surface area contributed by atoms with E-state index in [2.05, 4.69) is 0 Å². The predicted octanol–water partition coefficient (Wildman–Crippen LogP) is 0.317. The zero-order valence-electron chi connectivity index (χ0n) is 7.82. The summed E-state index contributed by atoms with van der Waals surface area (Å²) in [5, 5.41) is 17.2. The Morgan fingerprint density at radius 1 is 1.64 bits per heavy atom. The lowest BCUT2D eigenvalue weighted by molar-refractivity contribution is -0.170. The van der Waals surface area contributed by atoms with Crippen molar-refractivity contribution in [2.75, 3.05) is 19.1 Å². The lowest BCUT2D eigenvalue weighted by Gasteiger charge is -2.30. The van der Waals surface area contributed by atoms with Gasteiger partial charge in [-0.3, -0.25) is 0 Å². The molecule has 0 aromatic heterocycles. The van der Waals surface area contributed by atoms with Crippen molar-refractivity contribution in [2.45, 2.75) is 30.3 Å². The van der Waals surface area contributed by atoms with Gasteiger partial charge in [0.15, 0.2) is 5.79 Å². The highest BCUT2D eigenvalue weighted by Crippen LogP contribution is 2.32. The molecule has 0 saturated carbocycles. The molecule has 1 heterocycles. The van der Waals surface area contributed by atoms with Crippen LogP contribution in [0.2, 0.25) is 0 Å². The molecule has 0 aromatic rings. The zero-order chi connectivity index (χ0) is 10.8. The molecule has 0 aliphatic carbocycles. The smallest absolute Gasteiger partial charge is 0.185 e. The van der Waals surface area contributed by atoms with Crippen molar-refractivity contribution in [1.82, 2.24) is 0 Å². The van der Waals surface area contributed by atoms with Crippen LogP contribution in [0.4, 0.5) is 0 Å². The van der Waals surface area contributed by atoms with Crippen LogP contribution < -0.4 is 0 Å². The number of alkyl halides is 2. The van der Waals surface area contributed by atoms with Crippen molar-refractivity contribution in [2.24, 2.45) is 0 Å². The van der Waals surface area contributed by atoms with Crippen LogP contribution >= 0.6 is 23.2 Å². The second kappa shape index (κ2) is 4.96. The van der Waals surface area contributed by atoms with Crippen molar-refractivity contribution in [1.29, 1.82) is 0 Å². The molecular formula is C8H14Cl2O4. The molecular weight excluding hydrogens is 231 g/mol. The van der Waals surface area contributed by atoms with Crippen LogP contribution in [0.25, 0.3) is 0 Å². The molecule has 0 radical (unpaired) electrons. The van der Waals surface area contributed by atoms with Crippen LogP contribution in [-0.2, 0) is 9.47 Å². The molecule has 1 fully saturated rings. The van der Waals surface area contributed by atoms with E-state index in [1.807, 2.05) is 0 Å². The quantitative estimate of drug-likeness (QED) is 0.700. The van der Waals surface area contributed by atoms with Crippen LogP contribution in [0.1, 0.15) is 6.92 Å². The van der Waals surface area contributed by atoms with E-state index in [9.17, 15) is 5.11 Å². The summed E-state index contributed by atoms with van der Waals surface area (Å²) in [5.41, 5.74) is 0. The molecule has 4 atom stereocenters. The fourth-order valence-corrected chi connectivity index (χ4v) is 1.67. The van der Waals surface area contributed by atoms with Crippen LogP contribution in [0, 0.1) is 0 Å². The Morgan fingerprint density at radius 3 is 2.71 bits per heavy atom. The highest BCUT2D eigenvalue weighted by molar-refractivity contribution is 6.21. The Balaban J connectivity index is 2.58. The number of rotatable bonds is 4. The summed E-state index contributed by atoms with van der Waals surface area (Å²) in [4.78, 5) is 0. The summed E-state index contributed by atoms with van der Waals surface area (Å²) >= 11 is 11.5. The molecule has 84 valence electrons. The van der Waals surface area contributed by atoms with E-state index in [1.165, 1.54) is 0 Å². The molecule has 1 rings (SSSR count). The topological polar surface area (TPSA) is 58.9 Å². The van der Waals surface area contributed by atoms with E-state index in [0.717, 1.165) is 0 Å². The third-order valence-corrected chi connectivity index (χ3v) is 3.19. The molecule has 4 nitrogen and oxygen atoms in total. The molecule has 2 N–H and O–H groups in total. The Hall–Kier alpha value is 0.420. The van der Waals surface area contributed by atoms with E-state index < -0.39 is 23.9 Å². The summed E-state index contributed by atoms with van der Waals surface area (Å²) in [7, 11) is 0. The van der Waals surface area contributed by atoms with Crippen molar-refractivity contribution in [3.8, 4) is 0 Å². The lowest BCUT2D eigenvalue weighted by Crippen LogP contribution is -2.46. The first kappa shape index (κ1) is 12.5. The number of aliphatic hydroxyl groups excluding tert-OH is 2. The van der Waals surface area contributed by atoms with Crippen LogP contribution in [0.3, 0.4) is 0 Å². The van der Waals surface area contributed by atoms with Gasteiger partial charge in [-0.1, -0.05) is 0 Å². The van der Waals surface area contributed by atoms with Crippen molar-refractivity contribution in [3.05, 3.63) is 0 Å². The minimum atomic E-state index is -1.08. The zero-order valence-corrected chi connectivity index (χ0v) is 9.33. The van der Waals surface area contributed by atoms with Gasteiger partial charge < -0.3 is 19.7 Å². The molecule has 1 saturated heterocycles. The molecule has 0 spiro atoms. The Bertz CT molecular complexity index is 192. The van der Waals surface area contributed by atoms with Gasteiger partial charge in [0, 0.05) is 0 Å². The van der Waals surface area contributed by atoms with E-state index >= 15 is 0 Å². The number of aliphatic hydroxyl groups is 2. The van der Waals surface area contributed by atoms with Crippen LogP contribution in [0.15, 0.2) is 0 Å². The normalized spacial score (nSPS) is 37.1. The molecule has 4 unspecified atom stereocenters. The number of ether oxygens (including phenoxy) is 2. The molecule has 6 heteroatoms. The number of halogens is 2. The maximum atomic E-state index is 9.34. The SMILES string of the molecule is CC1(C(Cl)C(O)CO)OCC(CCl)O1. The van der Waals surface area contributed by atoms with E-state index in [0.29, 0.717) is 12.5 Å². The average molecular weight is 245 g/mol. The van der Waals surface area contributed by atoms with E-state index in [1.54, 1.807) is 6.92 Å². The van der Waals surface area contributed by atoms with Gasteiger partial charge in [-0.25, -0.2) is 0 Å². The minimum absolute atomic E-state index is 0.214. The fraction of sp³-hybridized carbons (Fsp3) is 1.00. The summed E-state index contributed by atoms with van der Waals surface area (Å²) in [6.07, 6.45) is -1.29. The third kappa shape index (κ3) is 2.51. The van der Waals surface area contributed by atoms with Crippen molar-refractivity contribution in [3.63, 3.8) is 0 Å². The number of hydrogen-bond donors (Lipinski definition) is 2. The average Bonchev–Trinajstić information content (AvgIpc) is 2.59. The molecule has 1 aliphatic rings. The maximum Gasteiger partial charge on any atom is 0.185 e. The van der Waals surface area contributed by atoms with Gasteiger partial charge in [0.2, 0.25) is 0 Å². The predicted molar refractivity (Wildman–Crippen MR) is 52.7 cm³/mol. The highest BCUT2D eigenvalue weighted by atomic mass is 35.5. The Labute approximate surface area is 92.7 Å². The van der Waals surface area contributed by atoms with Gasteiger partial charge in [-0.2, -0.15) is 0 Å². The van der Waals surface area contributed by atoms with Gasteiger partial charge in [0.05, 0.1) is 31.3 Å². The molecule has 0 aromatic carbocycles. The van der Waals surface area contributed by atoms with E-state index in [-0.39, 0.29) is 6.10 Å². The van der Waals surface area contributed by atoms with Gasteiger partial charge in [0.25, 0.3) is 0 Å². The highest BCUT2D eigenvalue weighted by Gasteiger charge is 2.45. The summed E-state index contributed by atoms with van der Waals surface area (Å²) < 4.78 is 10.7. The number of hydrogen-bond acceptors (Lipinski definition) is 4. The minimum Gasteiger partial charge on any atom is -0.394 e. The van der Waals surface area contributed by atoms with Gasteiger partial charge in [0.1, 0.15) is 5.38 Å². The monoisotopic (exact) mass is 244 g/mol. The van der Waals surface area contributed by atoms with Crippen molar-refractivity contribution >= 4 is 23.2 Å². The maximum absolute atomic E-state index is 9.34. The van der Waals surface area contributed by atoms with Crippen molar-refractivity contribution < 1.29 is 19.7 Å². The third-order valence-electron chi connectivity index (χ3n) is 2.15. The molecule has 0 bridgehead atoms. The van der Waals surface area contributed by atoms with Gasteiger partial charge in [-0.15, -0.1) is 23.2 Å². The summed E-state index contributed by atoms with van der Waals surface area (Å²) in [6.45, 7) is 1.54. The fourth-order valence-electron chi connectivity index (χ4n) is 1.32. The summed E-state index contributed by atoms with van der Waals surface area (Å²) in [5.74, 6) is -0.766. The summed E-state index contributed by atoms with van der Waals surface area (Å²) in [6, 6.07) is 0. The van der Waals surface area contributed by atoms with Crippen LogP contribution in [0.5, 0.6) is 0 Å². The first-order chi connectivity index (χ1) is 6.53. The van der Waals surface area contributed by atoms with Gasteiger partial charge >= 0.3 is 0 Å². The lowest BCUT2D eigenvalue weighted by atomic mass is 10.1.